The fourth-order valence-electron chi connectivity index (χ4n) is 2.39. The summed E-state index contributed by atoms with van der Waals surface area (Å²) in [5.74, 6) is 0.502. The molecule has 6 heteroatoms. The van der Waals surface area contributed by atoms with Gasteiger partial charge in [0.15, 0.2) is 5.84 Å². The van der Waals surface area contributed by atoms with Gasteiger partial charge in [0, 0.05) is 35.4 Å². The summed E-state index contributed by atoms with van der Waals surface area (Å²) in [7, 11) is 0. The molecule has 0 radical (unpaired) electrons. The molecule has 4 N–H and O–H groups in total. The summed E-state index contributed by atoms with van der Waals surface area (Å²) in [5, 5.41) is 21.1. The molecule has 1 aromatic rings. The van der Waals surface area contributed by atoms with Gasteiger partial charge >= 0.3 is 0 Å². The normalized spacial score (nSPS) is 17.8. The number of hydrogen-bond acceptors (Lipinski definition) is 4. The van der Waals surface area contributed by atoms with Crippen molar-refractivity contribution in [2.75, 3.05) is 24.6 Å². The minimum atomic E-state index is 0.117. The van der Waals surface area contributed by atoms with Crippen LogP contribution >= 0.6 is 15.9 Å². The maximum atomic E-state index is 9.17. The van der Waals surface area contributed by atoms with E-state index in [0.29, 0.717) is 5.92 Å². The van der Waals surface area contributed by atoms with Crippen LogP contribution in [-0.2, 0) is 0 Å². The van der Waals surface area contributed by atoms with Gasteiger partial charge in [-0.3, -0.25) is 0 Å². The van der Waals surface area contributed by atoms with Crippen molar-refractivity contribution in [2.45, 2.75) is 12.8 Å². The van der Waals surface area contributed by atoms with Gasteiger partial charge in [-0.2, -0.15) is 0 Å². The average Bonchev–Trinajstić information content (AvgIpc) is 2.46. The quantitative estimate of drug-likeness (QED) is 0.342. The molecule has 1 aromatic carbocycles. The molecular weight excluding hydrogens is 310 g/mol. The first-order valence-corrected chi connectivity index (χ1v) is 7.08. The smallest absolute Gasteiger partial charge is 0.172 e. The molecule has 1 heterocycles. The van der Waals surface area contributed by atoms with E-state index in [2.05, 4.69) is 26.0 Å². The standard InChI is InChI=1S/C13H18BrN3O2/c14-10-1-2-11(13(15)16-19)12(7-10)17-5-3-9(8-18)4-6-17/h1-2,7,9,18-19H,3-6,8H2,(H2,15,16). The van der Waals surface area contributed by atoms with E-state index in [1.165, 1.54) is 0 Å². The van der Waals surface area contributed by atoms with E-state index in [9.17, 15) is 5.11 Å². The summed E-state index contributed by atoms with van der Waals surface area (Å²) in [6.07, 6.45) is 1.91. The Labute approximate surface area is 120 Å². The van der Waals surface area contributed by atoms with Crippen molar-refractivity contribution in [3.63, 3.8) is 0 Å². The SMILES string of the molecule is N/C(=N/O)c1ccc(Br)cc1N1CCC(CO)CC1. The summed E-state index contributed by atoms with van der Waals surface area (Å²) in [6, 6.07) is 5.69. The number of aliphatic hydroxyl groups is 1. The summed E-state index contributed by atoms with van der Waals surface area (Å²) in [5.41, 5.74) is 7.41. The number of halogens is 1. The topological polar surface area (TPSA) is 82.1 Å². The Kier molecular flexibility index (Phi) is 4.66. The van der Waals surface area contributed by atoms with Crippen LogP contribution < -0.4 is 10.6 Å². The molecule has 0 saturated carbocycles. The van der Waals surface area contributed by atoms with E-state index in [0.717, 1.165) is 41.7 Å². The van der Waals surface area contributed by atoms with Gasteiger partial charge < -0.3 is 20.9 Å². The molecule has 0 atom stereocenters. The van der Waals surface area contributed by atoms with Gasteiger partial charge in [0.25, 0.3) is 0 Å². The Morgan fingerprint density at radius 1 is 1.42 bits per heavy atom. The third-order valence-electron chi connectivity index (χ3n) is 3.56. The fourth-order valence-corrected chi connectivity index (χ4v) is 2.74. The minimum absolute atomic E-state index is 0.117. The molecule has 1 fully saturated rings. The third kappa shape index (κ3) is 3.19. The van der Waals surface area contributed by atoms with Gasteiger partial charge in [0.05, 0.1) is 0 Å². The average molecular weight is 328 g/mol. The maximum absolute atomic E-state index is 9.17. The Morgan fingerprint density at radius 2 is 2.11 bits per heavy atom. The molecule has 5 nitrogen and oxygen atoms in total. The van der Waals surface area contributed by atoms with E-state index < -0.39 is 0 Å². The number of oxime groups is 1. The van der Waals surface area contributed by atoms with Gasteiger partial charge in [-0.1, -0.05) is 21.1 Å². The van der Waals surface area contributed by atoms with Crippen molar-refractivity contribution < 1.29 is 10.3 Å². The largest absolute Gasteiger partial charge is 0.409 e. The zero-order valence-electron chi connectivity index (χ0n) is 10.6. The molecule has 2 rings (SSSR count). The molecule has 0 aromatic heterocycles. The van der Waals surface area contributed by atoms with Crippen LogP contribution in [0.15, 0.2) is 27.8 Å². The van der Waals surface area contributed by atoms with E-state index in [1.54, 1.807) is 0 Å². The molecule has 1 aliphatic heterocycles. The Bertz CT molecular complexity index is 471. The Morgan fingerprint density at radius 3 is 2.68 bits per heavy atom. The Hall–Kier alpha value is -1.27. The number of rotatable bonds is 3. The van der Waals surface area contributed by atoms with Crippen LogP contribution in [0, 0.1) is 5.92 Å². The highest BCUT2D eigenvalue weighted by Gasteiger charge is 2.21. The van der Waals surface area contributed by atoms with Crippen molar-refractivity contribution in [1.82, 2.24) is 0 Å². The van der Waals surface area contributed by atoms with E-state index in [1.807, 2.05) is 18.2 Å². The lowest BCUT2D eigenvalue weighted by molar-refractivity contribution is 0.203. The summed E-state index contributed by atoms with van der Waals surface area (Å²) in [6.45, 7) is 1.99. The zero-order chi connectivity index (χ0) is 13.8. The van der Waals surface area contributed by atoms with Gasteiger partial charge in [-0.05, 0) is 37.0 Å². The van der Waals surface area contributed by atoms with Crippen LogP contribution in [-0.4, -0.2) is 35.8 Å². The van der Waals surface area contributed by atoms with Crippen molar-refractivity contribution in [3.05, 3.63) is 28.2 Å². The van der Waals surface area contributed by atoms with E-state index in [-0.39, 0.29) is 12.4 Å². The number of nitrogens with two attached hydrogens (primary N) is 1. The first-order valence-electron chi connectivity index (χ1n) is 6.29. The molecule has 104 valence electrons. The minimum Gasteiger partial charge on any atom is -0.409 e. The Balaban J connectivity index is 2.26. The zero-order valence-corrected chi connectivity index (χ0v) is 12.2. The number of piperidine rings is 1. The van der Waals surface area contributed by atoms with Gasteiger partial charge in [0.1, 0.15) is 0 Å². The predicted octanol–water partition coefficient (Wildman–Crippen LogP) is 1.75. The highest BCUT2D eigenvalue weighted by atomic mass is 79.9. The second kappa shape index (κ2) is 6.25. The van der Waals surface area contributed by atoms with Crippen molar-refractivity contribution >= 4 is 27.5 Å². The highest BCUT2D eigenvalue weighted by molar-refractivity contribution is 9.10. The molecule has 0 unspecified atom stereocenters. The maximum Gasteiger partial charge on any atom is 0.172 e. The second-order valence-corrected chi connectivity index (χ2v) is 5.68. The molecule has 1 aliphatic rings. The van der Waals surface area contributed by atoms with Gasteiger partial charge in [-0.25, -0.2) is 0 Å². The lowest BCUT2D eigenvalue weighted by Gasteiger charge is -2.34. The van der Waals surface area contributed by atoms with Crippen LogP contribution in [0.25, 0.3) is 0 Å². The van der Waals surface area contributed by atoms with Crippen molar-refractivity contribution in [2.24, 2.45) is 16.8 Å². The number of nitrogens with zero attached hydrogens (tertiary/aromatic N) is 2. The fraction of sp³-hybridized carbons (Fsp3) is 0.462. The van der Waals surface area contributed by atoms with Gasteiger partial charge in [-0.15, -0.1) is 0 Å². The highest BCUT2D eigenvalue weighted by Crippen LogP contribution is 2.29. The van der Waals surface area contributed by atoms with Crippen LogP contribution in [0.3, 0.4) is 0 Å². The number of aliphatic hydroxyl groups excluding tert-OH is 1. The number of amidine groups is 1. The van der Waals surface area contributed by atoms with E-state index in [4.69, 9.17) is 10.9 Å². The monoisotopic (exact) mass is 327 g/mol. The predicted molar refractivity (Wildman–Crippen MR) is 78.7 cm³/mol. The van der Waals surface area contributed by atoms with Crippen LogP contribution in [0.1, 0.15) is 18.4 Å². The molecule has 19 heavy (non-hydrogen) atoms. The molecular formula is C13H18BrN3O2. The molecule has 0 bridgehead atoms. The third-order valence-corrected chi connectivity index (χ3v) is 4.05. The number of anilines is 1. The van der Waals surface area contributed by atoms with Crippen LogP contribution in [0.4, 0.5) is 5.69 Å². The second-order valence-electron chi connectivity index (χ2n) is 4.76. The summed E-state index contributed by atoms with van der Waals surface area (Å²) < 4.78 is 0.960. The van der Waals surface area contributed by atoms with Crippen LogP contribution in [0.5, 0.6) is 0 Å². The van der Waals surface area contributed by atoms with Gasteiger partial charge in [0.2, 0.25) is 0 Å². The summed E-state index contributed by atoms with van der Waals surface area (Å²) >= 11 is 3.45. The first-order chi connectivity index (χ1) is 9.15. The number of benzene rings is 1. The lowest BCUT2D eigenvalue weighted by atomic mass is 9.97. The molecule has 1 saturated heterocycles. The van der Waals surface area contributed by atoms with Crippen molar-refractivity contribution in [3.8, 4) is 0 Å². The van der Waals surface area contributed by atoms with Crippen molar-refractivity contribution in [1.29, 1.82) is 0 Å². The van der Waals surface area contributed by atoms with Crippen LogP contribution in [0.2, 0.25) is 0 Å². The van der Waals surface area contributed by atoms with E-state index >= 15 is 0 Å². The number of hydrogen-bond donors (Lipinski definition) is 3. The lowest BCUT2D eigenvalue weighted by Crippen LogP contribution is -2.36. The first kappa shape index (κ1) is 14.1. The molecule has 0 amide bonds. The molecule has 0 spiro atoms. The summed E-state index contributed by atoms with van der Waals surface area (Å²) in [4.78, 5) is 2.21. The molecule has 0 aliphatic carbocycles.